The van der Waals surface area contributed by atoms with Gasteiger partial charge in [-0.25, -0.2) is 8.42 Å². The summed E-state index contributed by atoms with van der Waals surface area (Å²) in [6, 6.07) is 7.04. The maximum atomic E-state index is 13.6. The van der Waals surface area contributed by atoms with Gasteiger partial charge in [-0.15, -0.1) is 5.10 Å². The van der Waals surface area contributed by atoms with Crippen molar-refractivity contribution < 1.29 is 31.9 Å². The third kappa shape index (κ3) is 14.7. The van der Waals surface area contributed by atoms with E-state index in [0.717, 1.165) is 57.6 Å². The van der Waals surface area contributed by atoms with Gasteiger partial charge in [-0.3, -0.25) is 9.59 Å². The van der Waals surface area contributed by atoms with Gasteiger partial charge in [0.2, 0.25) is 27.5 Å². The molecule has 1 heterocycles. The standard InChI is InChI=1S/C44H72N4O7S/c1-7-8-9-10-11-12-13-14-15-16-17-18-19-20-37(49)46-44-28-25-43(26-29-44,27-30-44)39(50)45-31-41(2,3)32-53-33-42(4,5)34-54-36-23-21-35(22-24-36)38-47-48-40(55-38)56(6,51)52/h21-24H,7-20,25-34H2,1-6H3,(H,45,50)(H,46,49). The molecule has 0 saturated heterocycles. The van der Waals surface area contributed by atoms with E-state index in [9.17, 15) is 18.0 Å². The Bertz CT molecular complexity index is 1590. The Morgan fingerprint density at radius 2 is 1.29 bits per heavy atom. The molecule has 1 aromatic heterocycles. The molecule has 2 aromatic rings. The lowest BCUT2D eigenvalue weighted by Crippen LogP contribution is -2.60. The molecule has 12 heteroatoms. The first-order chi connectivity index (χ1) is 26.6. The number of sulfone groups is 1. The van der Waals surface area contributed by atoms with E-state index in [4.69, 9.17) is 13.9 Å². The molecule has 1 aromatic carbocycles. The van der Waals surface area contributed by atoms with Crippen LogP contribution in [-0.2, 0) is 24.2 Å². The Kier molecular flexibility index (Phi) is 17.3. The van der Waals surface area contributed by atoms with Gasteiger partial charge in [0.1, 0.15) is 5.75 Å². The zero-order valence-corrected chi connectivity index (χ0v) is 36.3. The molecule has 5 rings (SSSR count). The number of ether oxygens (including phenoxy) is 2. The number of nitrogens with zero attached hydrogens (tertiary/aromatic N) is 2. The first kappa shape index (κ1) is 45.7. The summed E-state index contributed by atoms with van der Waals surface area (Å²) in [4.78, 5) is 26.5. The monoisotopic (exact) mass is 801 g/mol. The van der Waals surface area contributed by atoms with Gasteiger partial charge in [0.05, 0.1) is 19.8 Å². The number of aromatic nitrogens is 2. The first-order valence-electron chi connectivity index (χ1n) is 21.5. The molecule has 0 spiro atoms. The highest BCUT2D eigenvalue weighted by atomic mass is 32.2. The van der Waals surface area contributed by atoms with Gasteiger partial charge in [-0.2, -0.15) is 0 Å². The average molecular weight is 801 g/mol. The van der Waals surface area contributed by atoms with Gasteiger partial charge in [-0.05, 0) is 69.2 Å². The van der Waals surface area contributed by atoms with Crippen LogP contribution in [0.15, 0.2) is 33.9 Å². The van der Waals surface area contributed by atoms with Crippen LogP contribution in [0.4, 0.5) is 0 Å². The van der Waals surface area contributed by atoms with Crippen molar-refractivity contribution in [2.24, 2.45) is 16.2 Å². The van der Waals surface area contributed by atoms with Crippen LogP contribution in [0.2, 0.25) is 0 Å². The fraction of sp³-hybridized carbons (Fsp3) is 0.773. The first-order valence-corrected chi connectivity index (χ1v) is 23.4. The summed E-state index contributed by atoms with van der Waals surface area (Å²) in [6.07, 6.45) is 23.7. The molecular weight excluding hydrogens is 729 g/mol. The van der Waals surface area contributed by atoms with Gasteiger partial charge >= 0.3 is 5.22 Å². The van der Waals surface area contributed by atoms with Gasteiger partial charge in [0.25, 0.3) is 0 Å². The Labute approximate surface area is 337 Å². The van der Waals surface area contributed by atoms with Crippen molar-refractivity contribution in [3.8, 4) is 17.2 Å². The second kappa shape index (κ2) is 21.1. The maximum absolute atomic E-state index is 13.6. The van der Waals surface area contributed by atoms with Crippen LogP contribution in [0.3, 0.4) is 0 Å². The van der Waals surface area contributed by atoms with E-state index in [-0.39, 0.29) is 39.5 Å². The number of fused-ring (bicyclic) bond motifs is 3. The quantitative estimate of drug-likeness (QED) is 0.0843. The van der Waals surface area contributed by atoms with Crippen molar-refractivity contribution >= 4 is 21.7 Å². The Balaban J connectivity index is 1.06. The maximum Gasteiger partial charge on any atom is 0.335 e. The minimum absolute atomic E-state index is 0.124. The van der Waals surface area contributed by atoms with Gasteiger partial charge in [-0.1, -0.05) is 117 Å². The number of rotatable bonds is 27. The van der Waals surface area contributed by atoms with Crippen LogP contribution in [0.5, 0.6) is 5.75 Å². The van der Waals surface area contributed by atoms with E-state index in [2.05, 4.69) is 55.4 Å². The summed E-state index contributed by atoms with van der Waals surface area (Å²) in [7, 11) is -3.57. The van der Waals surface area contributed by atoms with Gasteiger partial charge in [0, 0.05) is 46.6 Å². The number of carbonyl (C=O) groups excluding carboxylic acids is 2. The molecule has 0 atom stereocenters. The van der Waals surface area contributed by atoms with Gasteiger partial charge < -0.3 is 24.5 Å². The molecule has 2 bridgehead atoms. The number of amides is 2. The van der Waals surface area contributed by atoms with Crippen LogP contribution < -0.4 is 15.4 Å². The zero-order valence-electron chi connectivity index (χ0n) is 35.4. The summed E-state index contributed by atoms with van der Waals surface area (Å²) in [5, 5.41) is 13.7. The zero-order chi connectivity index (χ0) is 40.7. The second-order valence-corrected chi connectivity index (χ2v) is 20.5. The Morgan fingerprint density at radius 3 is 1.82 bits per heavy atom. The molecule has 11 nitrogen and oxygen atoms in total. The summed E-state index contributed by atoms with van der Waals surface area (Å²) in [5.74, 6) is 1.11. The van der Waals surface area contributed by atoms with E-state index in [1.54, 1.807) is 24.3 Å². The molecule has 0 aliphatic heterocycles. The predicted octanol–water partition coefficient (Wildman–Crippen LogP) is 9.39. The minimum Gasteiger partial charge on any atom is -0.493 e. The number of hydrogen-bond donors (Lipinski definition) is 2. The van der Waals surface area contributed by atoms with E-state index in [1.807, 2.05) is 0 Å². The van der Waals surface area contributed by atoms with Crippen molar-refractivity contribution in [1.82, 2.24) is 20.8 Å². The van der Waals surface area contributed by atoms with Crippen LogP contribution in [0, 0.1) is 16.2 Å². The van der Waals surface area contributed by atoms with E-state index in [0.29, 0.717) is 44.1 Å². The molecule has 2 amide bonds. The van der Waals surface area contributed by atoms with Crippen molar-refractivity contribution in [2.45, 2.75) is 174 Å². The Morgan fingerprint density at radius 1 is 0.750 bits per heavy atom. The molecular formula is C44H72N4O7S. The second-order valence-electron chi connectivity index (χ2n) is 18.6. The molecule has 3 aliphatic carbocycles. The third-order valence-corrected chi connectivity index (χ3v) is 12.6. The van der Waals surface area contributed by atoms with Crippen LogP contribution in [0.1, 0.15) is 163 Å². The highest BCUT2D eigenvalue weighted by Gasteiger charge is 2.52. The average Bonchev–Trinajstić information content (AvgIpc) is 3.67. The molecule has 2 N–H and O–H groups in total. The van der Waals surface area contributed by atoms with Gasteiger partial charge in [0.15, 0.2) is 0 Å². The van der Waals surface area contributed by atoms with Crippen molar-refractivity contribution in [2.75, 3.05) is 32.6 Å². The number of carbonyl (C=O) groups is 2. The van der Waals surface area contributed by atoms with E-state index in [1.165, 1.54) is 70.6 Å². The summed E-state index contributed by atoms with van der Waals surface area (Å²) in [5.41, 5.74) is -0.397. The van der Waals surface area contributed by atoms with E-state index < -0.39 is 15.1 Å². The highest BCUT2D eigenvalue weighted by Crippen LogP contribution is 2.52. The van der Waals surface area contributed by atoms with Crippen molar-refractivity contribution in [1.29, 1.82) is 0 Å². The number of benzene rings is 1. The minimum atomic E-state index is -3.57. The fourth-order valence-electron chi connectivity index (χ4n) is 8.03. The predicted molar refractivity (Wildman–Crippen MR) is 221 cm³/mol. The molecule has 3 fully saturated rings. The van der Waals surface area contributed by atoms with Crippen molar-refractivity contribution in [3.05, 3.63) is 24.3 Å². The lowest BCUT2D eigenvalue weighted by Gasteiger charge is -2.52. The molecule has 56 heavy (non-hydrogen) atoms. The normalized spacial score (nSPS) is 19.9. The third-order valence-electron chi connectivity index (χ3n) is 11.8. The summed E-state index contributed by atoms with van der Waals surface area (Å²) in [6.45, 7) is 12.6. The van der Waals surface area contributed by atoms with Crippen LogP contribution >= 0.6 is 0 Å². The molecule has 3 saturated carbocycles. The molecule has 0 radical (unpaired) electrons. The molecule has 3 aliphatic rings. The summed E-state index contributed by atoms with van der Waals surface area (Å²) >= 11 is 0. The SMILES string of the molecule is CCCCCCCCCCCCCCCC(=O)NC12CCC(C(=O)NCC(C)(C)COCC(C)(C)COc3ccc(-c4nnc(S(C)(=O)=O)o4)cc3)(CC1)CC2. The molecule has 316 valence electrons. The van der Waals surface area contributed by atoms with Crippen molar-refractivity contribution in [3.63, 3.8) is 0 Å². The Hall–Kier alpha value is -2.99. The lowest BCUT2D eigenvalue weighted by molar-refractivity contribution is -0.140. The number of unbranched alkanes of at least 4 members (excludes halogenated alkanes) is 12. The lowest BCUT2D eigenvalue weighted by atomic mass is 9.56. The van der Waals surface area contributed by atoms with Crippen LogP contribution in [-0.4, -0.2) is 68.6 Å². The number of hydrogen-bond acceptors (Lipinski definition) is 9. The molecule has 0 unspecified atom stereocenters. The highest BCUT2D eigenvalue weighted by molar-refractivity contribution is 7.90. The van der Waals surface area contributed by atoms with E-state index >= 15 is 0 Å². The largest absolute Gasteiger partial charge is 0.493 e. The summed E-state index contributed by atoms with van der Waals surface area (Å²) < 4.78 is 40.8. The topological polar surface area (TPSA) is 150 Å². The smallest absolute Gasteiger partial charge is 0.335 e. The fourth-order valence-corrected chi connectivity index (χ4v) is 8.45. The number of nitrogens with one attached hydrogen (secondary N) is 2. The van der Waals surface area contributed by atoms with Crippen LogP contribution in [0.25, 0.3) is 11.5 Å².